The first-order chi connectivity index (χ1) is 12.9. The molecule has 0 spiro atoms. The van der Waals surface area contributed by atoms with Crippen LogP contribution in [0.1, 0.15) is 30.5 Å². The average Bonchev–Trinajstić information content (AvgIpc) is 3.21. The number of carbonyl (C=O) groups is 1. The number of hydrogen-bond acceptors (Lipinski definition) is 5. The fraction of sp³-hybridized carbons (Fsp3) is 0.579. The van der Waals surface area contributed by atoms with Gasteiger partial charge < -0.3 is 9.72 Å². The van der Waals surface area contributed by atoms with Crippen LogP contribution < -0.4 is 5.32 Å². The summed E-state index contributed by atoms with van der Waals surface area (Å²) in [5.74, 6) is 0.647. The Morgan fingerprint density at radius 1 is 1.30 bits per heavy atom. The van der Waals surface area contributed by atoms with Crippen molar-refractivity contribution in [3.8, 4) is 0 Å². The smallest absolute Gasteiger partial charge is 0.223 e. The number of rotatable bonds is 4. The van der Waals surface area contributed by atoms with Crippen LogP contribution in [0.25, 0.3) is 5.65 Å². The summed E-state index contributed by atoms with van der Waals surface area (Å²) in [6.07, 6.45) is 6.21. The van der Waals surface area contributed by atoms with Gasteiger partial charge in [0.2, 0.25) is 5.91 Å². The highest BCUT2D eigenvalue weighted by molar-refractivity contribution is 7.91. The van der Waals surface area contributed by atoms with Gasteiger partial charge in [-0.3, -0.25) is 9.69 Å². The Kier molecular flexibility index (Phi) is 4.94. The van der Waals surface area contributed by atoms with Gasteiger partial charge in [0.1, 0.15) is 5.65 Å². The van der Waals surface area contributed by atoms with Crippen LogP contribution in [0.5, 0.6) is 0 Å². The van der Waals surface area contributed by atoms with Crippen LogP contribution in [0.15, 0.2) is 24.5 Å². The van der Waals surface area contributed by atoms with E-state index < -0.39 is 9.84 Å². The maximum absolute atomic E-state index is 12.5. The van der Waals surface area contributed by atoms with E-state index in [9.17, 15) is 13.2 Å². The van der Waals surface area contributed by atoms with Crippen molar-refractivity contribution in [1.29, 1.82) is 0 Å². The predicted molar refractivity (Wildman–Crippen MR) is 103 cm³/mol. The molecule has 2 aromatic rings. The molecule has 1 amide bonds. The quantitative estimate of drug-likeness (QED) is 0.847. The number of nitrogens with zero attached hydrogens (tertiary/aromatic N) is 3. The summed E-state index contributed by atoms with van der Waals surface area (Å²) >= 11 is 0. The van der Waals surface area contributed by atoms with Crippen molar-refractivity contribution in [2.45, 2.75) is 38.8 Å². The molecule has 0 radical (unpaired) electrons. The Labute approximate surface area is 159 Å². The van der Waals surface area contributed by atoms with Crippen molar-refractivity contribution < 1.29 is 13.2 Å². The Bertz CT molecular complexity index is 945. The molecule has 1 N–H and O–H groups in total. The van der Waals surface area contributed by atoms with E-state index >= 15 is 0 Å². The molecule has 0 aromatic carbocycles. The van der Waals surface area contributed by atoms with Crippen LogP contribution in [0.4, 0.5) is 0 Å². The summed E-state index contributed by atoms with van der Waals surface area (Å²) in [4.78, 5) is 19.3. The molecular formula is C19H26N4O3S. The number of fused-ring (bicyclic) bond motifs is 1. The van der Waals surface area contributed by atoms with E-state index in [0.717, 1.165) is 49.3 Å². The molecule has 4 rings (SSSR count). The van der Waals surface area contributed by atoms with Crippen LogP contribution >= 0.6 is 0 Å². The summed E-state index contributed by atoms with van der Waals surface area (Å²) in [7, 11) is -2.86. The van der Waals surface area contributed by atoms with Crippen LogP contribution in [0.2, 0.25) is 0 Å². The zero-order valence-electron chi connectivity index (χ0n) is 15.6. The molecule has 8 heteroatoms. The summed E-state index contributed by atoms with van der Waals surface area (Å²) < 4.78 is 25.3. The number of pyridine rings is 1. The molecule has 27 heavy (non-hydrogen) atoms. The third-order valence-electron chi connectivity index (χ3n) is 5.73. The highest BCUT2D eigenvalue weighted by atomic mass is 32.2. The Morgan fingerprint density at radius 3 is 2.78 bits per heavy atom. The molecule has 1 atom stereocenters. The van der Waals surface area contributed by atoms with Gasteiger partial charge in [0.05, 0.1) is 23.7 Å². The fourth-order valence-electron chi connectivity index (χ4n) is 4.13. The van der Waals surface area contributed by atoms with Gasteiger partial charge in [-0.1, -0.05) is 0 Å². The SMILES string of the molecule is Cc1ccn2cc(CNC(=O)C3CCN([C@@H]4CCS(=O)(=O)C4)CC3)nc2c1. The van der Waals surface area contributed by atoms with Crippen LogP contribution in [-0.2, 0) is 21.2 Å². The van der Waals surface area contributed by atoms with Gasteiger partial charge in [-0.15, -0.1) is 0 Å². The van der Waals surface area contributed by atoms with E-state index in [1.165, 1.54) is 0 Å². The number of imidazole rings is 1. The number of likely N-dealkylation sites (tertiary alicyclic amines) is 1. The number of nitrogens with one attached hydrogen (secondary N) is 1. The second-order valence-electron chi connectivity index (χ2n) is 7.79. The van der Waals surface area contributed by atoms with Gasteiger partial charge in [0, 0.05) is 24.4 Å². The maximum Gasteiger partial charge on any atom is 0.223 e. The average molecular weight is 391 g/mol. The first kappa shape index (κ1) is 18.4. The standard InChI is InChI=1S/C19H26N4O3S/c1-14-2-6-23-12-16(21-18(23)10-14)11-20-19(24)15-3-7-22(8-4-15)17-5-9-27(25,26)13-17/h2,6,10,12,15,17H,3-5,7-9,11,13H2,1H3,(H,20,24)/t17-/m1/s1. The highest BCUT2D eigenvalue weighted by Crippen LogP contribution is 2.24. The number of sulfone groups is 1. The van der Waals surface area contributed by atoms with Gasteiger partial charge in [0.15, 0.2) is 9.84 Å². The van der Waals surface area contributed by atoms with Crippen molar-refractivity contribution in [1.82, 2.24) is 19.6 Å². The molecule has 2 aliphatic heterocycles. The molecule has 2 aromatic heterocycles. The summed E-state index contributed by atoms with van der Waals surface area (Å²) in [5.41, 5.74) is 2.90. The molecule has 0 aliphatic carbocycles. The number of piperidine rings is 1. The predicted octanol–water partition coefficient (Wildman–Crippen LogP) is 1.16. The van der Waals surface area contributed by atoms with E-state index in [1.54, 1.807) is 0 Å². The van der Waals surface area contributed by atoms with Gasteiger partial charge >= 0.3 is 0 Å². The molecule has 0 saturated carbocycles. The Balaban J connectivity index is 1.28. The second-order valence-corrected chi connectivity index (χ2v) is 10.0. The highest BCUT2D eigenvalue weighted by Gasteiger charge is 2.35. The number of hydrogen-bond donors (Lipinski definition) is 1. The normalized spacial score (nSPS) is 23.7. The van der Waals surface area contributed by atoms with Gasteiger partial charge in [-0.2, -0.15) is 0 Å². The summed E-state index contributed by atoms with van der Waals surface area (Å²) in [6, 6.07) is 4.19. The third-order valence-corrected chi connectivity index (χ3v) is 7.48. The second kappa shape index (κ2) is 7.24. The number of aromatic nitrogens is 2. The Hall–Kier alpha value is -1.93. The van der Waals surface area contributed by atoms with Crippen LogP contribution in [-0.4, -0.2) is 59.2 Å². The first-order valence-corrected chi connectivity index (χ1v) is 11.4. The van der Waals surface area contributed by atoms with Crippen molar-refractivity contribution in [2.75, 3.05) is 24.6 Å². The molecular weight excluding hydrogens is 364 g/mol. The fourth-order valence-corrected chi connectivity index (χ4v) is 5.90. The minimum absolute atomic E-state index is 0.00136. The number of aryl methyl sites for hydroxylation is 1. The molecule has 2 aliphatic rings. The number of amides is 1. The summed E-state index contributed by atoms with van der Waals surface area (Å²) in [5, 5.41) is 3.01. The van der Waals surface area contributed by atoms with E-state index in [4.69, 9.17) is 0 Å². The molecule has 7 nitrogen and oxygen atoms in total. The molecule has 4 heterocycles. The maximum atomic E-state index is 12.5. The lowest BCUT2D eigenvalue weighted by atomic mass is 9.94. The minimum Gasteiger partial charge on any atom is -0.350 e. The van der Waals surface area contributed by atoms with Crippen molar-refractivity contribution in [3.05, 3.63) is 35.8 Å². The monoisotopic (exact) mass is 390 g/mol. The van der Waals surface area contributed by atoms with Crippen molar-refractivity contribution >= 4 is 21.4 Å². The lowest BCUT2D eigenvalue weighted by molar-refractivity contribution is -0.126. The minimum atomic E-state index is -2.86. The summed E-state index contributed by atoms with van der Waals surface area (Å²) in [6.45, 7) is 4.06. The molecule has 2 fully saturated rings. The van der Waals surface area contributed by atoms with E-state index in [1.807, 2.05) is 35.9 Å². The zero-order chi connectivity index (χ0) is 19.0. The van der Waals surface area contributed by atoms with Crippen molar-refractivity contribution in [2.24, 2.45) is 5.92 Å². The Morgan fingerprint density at radius 2 is 2.07 bits per heavy atom. The molecule has 0 unspecified atom stereocenters. The van der Waals surface area contributed by atoms with Gasteiger partial charge in [-0.05, 0) is 57.0 Å². The largest absolute Gasteiger partial charge is 0.350 e. The number of carbonyl (C=O) groups excluding carboxylic acids is 1. The van der Waals surface area contributed by atoms with Gasteiger partial charge in [-0.25, -0.2) is 13.4 Å². The van der Waals surface area contributed by atoms with E-state index in [-0.39, 0.29) is 23.6 Å². The lowest BCUT2D eigenvalue weighted by Gasteiger charge is -2.34. The van der Waals surface area contributed by atoms with E-state index in [2.05, 4.69) is 15.2 Å². The third kappa shape index (κ3) is 4.16. The first-order valence-electron chi connectivity index (χ1n) is 9.56. The molecule has 146 valence electrons. The van der Waals surface area contributed by atoms with Gasteiger partial charge in [0.25, 0.3) is 0 Å². The molecule has 2 saturated heterocycles. The lowest BCUT2D eigenvalue weighted by Crippen LogP contribution is -2.45. The zero-order valence-corrected chi connectivity index (χ0v) is 16.4. The van der Waals surface area contributed by atoms with Crippen LogP contribution in [0, 0.1) is 12.8 Å². The van der Waals surface area contributed by atoms with Crippen molar-refractivity contribution in [3.63, 3.8) is 0 Å². The topological polar surface area (TPSA) is 83.8 Å². The molecule has 0 bridgehead atoms. The van der Waals surface area contributed by atoms with E-state index in [0.29, 0.717) is 12.3 Å². The van der Waals surface area contributed by atoms with Crippen LogP contribution in [0.3, 0.4) is 0 Å².